The maximum absolute atomic E-state index is 13.3. The van der Waals surface area contributed by atoms with Gasteiger partial charge >= 0.3 is 0 Å². The molecule has 2 aromatic heterocycles. The van der Waals surface area contributed by atoms with Crippen LogP contribution in [0.4, 0.5) is 4.39 Å². The molecule has 0 atom stereocenters. The summed E-state index contributed by atoms with van der Waals surface area (Å²) < 4.78 is 13.3. The highest BCUT2D eigenvalue weighted by Gasteiger charge is 2.24. The average Bonchev–Trinajstić information content (AvgIpc) is 3.23. The Labute approximate surface area is 167 Å². The minimum atomic E-state index is -0.238. The van der Waals surface area contributed by atoms with E-state index < -0.39 is 0 Å². The molecule has 0 amide bonds. The van der Waals surface area contributed by atoms with Crippen LogP contribution in [0.1, 0.15) is 52.1 Å². The number of rotatable bonds is 3. The van der Waals surface area contributed by atoms with Gasteiger partial charge in [0, 0.05) is 35.1 Å². The van der Waals surface area contributed by atoms with Crippen molar-refractivity contribution in [2.45, 2.75) is 46.5 Å². The molecule has 0 saturated carbocycles. The molecular weight excluding hydrogens is 351 g/mol. The van der Waals surface area contributed by atoms with Crippen LogP contribution in [-0.2, 0) is 0 Å². The fourth-order valence-corrected chi connectivity index (χ4v) is 3.39. The van der Waals surface area contributed by atoms with Gasteiger partial charge in [-0.3, -0.25) is 10.1 Å². The lowest BCUT2D eigenvalue weighted by molar-refractivity contribution is 0.453. The van der Waals surface area contributed by atoms with Crippen LogP contribution in [0.3, 0.4) is 0 Å². The Morgan fingerprint density at radius 2 is 1.46 bits per heavy atom. The molecule has 1 saturated heterocycles. The first kappa shape index (κ1) is 21.8. The van der Waals surface area contributed by atoms with E-state index in [4.69, 9.17) is 0 Å². The van der Waals surface area contributed by atoms with Crippen molar-refractivity contribution in [1.29, 1.82) is 0 Å². The third-order valence-electron chi connectivity index (χ3n) is 4.63. The van der Waals surface area contributed by atoms with Gasteiger partial charge in [0.1, 0.15) is 11.5 Å². The van der Waals surface area contributed by atoms with Crippen molar-refractivity contribution in [3.8, 4) is 22.4 Å². The van der Waals surface area contributed by atoms with Crippen molar-refractivity contribution in [2.75, 3.05) is 13.1 Å². The van der Waals surface area contributed by atoms with Crippen molar-refractivity contribution < 1.29 is 4.39 Å². The van der Waals surface area contributed by atoms with Crippen LogP contribution in [0, 0.1) is 5.82 Å². The van der Waals surface area contributed by atoms with E-state index in [1.165, 1.54) is 17.8 Å². The van der Waals surface area contributed by atoms with Crippen molar-refractivity contribution in [3.63, 3.8) is 0 Å². The van der Waals surface area contributed by atoms with Crippen LogP contribution < -0.4 is 5.32 Å². The molecule has 0 bridgehead atoms. The summed E-state index contributed by atoms with van der Waals surface area (Å²) in [5.41, 5.74) is 5.15. The Kier molecular flexibility index (Phi) is 8.82. The summed E-state index contributed by atoms with van der Waals surface area (Å²) >= 11 is 0. The van der Waals surface area contributed by atoms with E-state index in [-0.39, 0.29) is 5.82 Å². The Morgan fingerprint density at radius 3 is 2.07 bits per heavy atom. The molecule has 5 heteroatoms. The van der Waals surface area contributed by atoms with Gasteiger partial charge in [0.15, 0.2) is 0 Å². The Balaban J connectivity index is 0.000000660. The third-order valence-corrected chi connectivity index (χ3v) is 4.63. The number of hydrogen-bond acceptors (Lipinski definition) is 3. The average molecular weight is 383 g/mol. The summed E-state index contributed by atoms with van der Waals surface area (Å²) in [5, 5.41) is 11.2. The first-order valence-electron chi connectivity index (χ1n) is 10.3. The lowest BCUT2D eigenvalue weighted by atomic mass is 9.88. The van der Waals surface area contributed by atoms with Crippen LogP contribution in [0.25, 0.3) is 22.4 Å². The fraction of sp³-hybridized carbons (Fsp3) is 0.391. The molecule has 0 spiro atoms. The normalized spacial score (nSPS) is 13.8. The molecule has 3 aromatic rings. The molecular formula is C23H31FN4. The summed E-state index contributed by atoms with van der Waals surface area (Å²) in [6.07, 6.45) is 5.76. The Hall–Kier alpha value is -2.53. The molecule has 4 rings (SSSR count). The number of H-pyrrole nitrogens is 1. The molecule has 1 aliphatic heterocycles. The zero-order valence-electron chi connectivity index (χ0n) is 17.3. The second kappa shape index (κ2) is 11.3. The first-order chi connectivity index (χ1) is 13.8. The number of pyridine rings is 1. The van der Waals surface area contributed by atoms with E-state index in [9.17, 15) is 4.39 Å². The van der Waals surface area contributed by atoms with Crippen LogP contribution in [0.5, 0.6) is 0 Å². The number of benzene rings is 1. The molecule has 4 nitrogen and oxygen atoms in total. The van der Waals surface area contributed by atoms with Crippen LogP contribution in [0.2, 0.25) is 0 Å². The standard InChI is InChI=1S/C19H19FN4.2C2H6/c20-16-3-1-14(2-4-16)18-17(13-5-9-21-10-6-13)19(24-23-18)15-7-11-22-12-8-15;2*1-2/h1-6,9-10,15,22H,7-8,11-12H2,(H,23,24);2*1-2H3. The first-order valence-corrected chi connectivity index (χ1v) is 10.3. The molecule has 1 aliphatic rings. The minimum absolute atomic E-state index is 0.238. The molecule has 28 heavy (non-hydrogen) atoms. The van der Waals surface area contributed by atoms with Crippen molar-refractivity contribution in [3.05, 3.63) is 60.3 Å². The predicted octanol–water partition coefficient (Wildman–Crippen LogP) is 5.80. The lowest BCUT2D eigenvalue weighted by Gasteiger charge is -2.22. The Morgan fingerprint density at radius 1 is 0.857 bits per heavy atom. The highest BCUT2D eigenvalue weighted by molar-refractivity contribution is 5.82. The second-order valence-electron chi connectivity index (χ2n) is 6.13. The van der Waals surface area contributed by atoms with Gasteiger partial charge < -0.3 is 5.32 Å². The van der Waals surface area contributed by atoms with E-state index >= 15 is 0 Å². The fourth-order valence-electron chi connectivity index (χ4n) is 3.39. The highest BCUT2D eigenvalue weighted by atomic mass is 19.1. The van der Waals surface area contributed by atoms with E-state index in [0.29, 0.717) is 5.92 Å². The quantitative estimate of drug-likeness (QED) is 0.602. The van der Waals surface area contributed by atoms with Gasteiger partial charge in [-0.25, -0.2) is 4.39 Å². The minimum Gasteiger partial charge on any atom is -0.317 e. The summed E-state index contributed by atoms with van der Waals surface area (Å²) in [7, 11) is 0. The number of hydrogen-bond donors (Lipinski definition) is 2. The molecule has 0 radical (unpaired) electrons. The van der Waals surface area contributed by atoms with E-state index in [1.807, 2.05) is 39.8 Å². The van der Waals surface area contributed by atoms with Crippen molar-refractivity contribution in [1.82, 2.24) is 20.5 Å². The van der Waals surface area contributed by atoms with Gasteiger partial charge in [-0.2, -0.15) is 5.10 Å². The zero-order valence-corrected chi connectivity index (χ0v) is 17.3. The lowest BCUT2D eigenvalue weighted by Crippen LogP contribution is -2.27. The van der Waals surface area contributed by atoms with Crippen molar-refractivity contribution >= 4 is 0 Å². The van der Waals surface area contributed by atoms with Gasteiger partial charge in [-0.1, -0.05) is 27.7 Å². The molecule has 1 aromatic carbocycles. The number of aromatic nitrogens is 3. The number of nitrogens with one attached hydrogen (secondary N) is 2. The van der Waals surface area contributed by atoms with Crippen LogP contribution in [0.15, 0.2) is 48.8 Å². The van der Waals surface area contributed by atoms with Gasteiger partial charge in [-0.15, -0.1) is 0 Å². The largest absolute Gasteiger partial charge is 0.317 e. The maximum atomic E-state index is 13.3. The van der Waals surface area contributed by atoms with Crippen molar-refractivity contribution in [2.24, 2.45) is 0 Å². The van der Waals surface area contributed by atoms with E-state index in [2.05, 4.69) is 20.5 Å². The molecule has 3 heterocycles. The molecule has 150 valence electrons. The van der Waals surface area contributed by atoms with E-state index in [0.717, 1.165) is 48.3 Å². The molecule has 0 aliphatic carbocycles. The van der Waals surface area contributed by atoms with Gasteiger partial charge in [-0.05, 0) is 67.9 Å². The second-order valence-corrected chi connectivity index (χ2v) is 6.13. The van der Waals surface area contributed by atoms with E-state index in [1.54, 1.807) is 24.5 Å². The third kappa shape index (κ3) is 5.04. The van der Waals surface area contributed by atoms with Gasteiger partial charge in [0.2, 0.25) is 0 Å². The molecule has 1 fully saturated rings. The molecule has 0 unspecified atom stereocenters. The SMILES string of the molecule is CC.CC.Fc1ccc(-c2n[nH]c(C3CCNCC3)c2-c2ccncc2)cc1. The number of piperidine rings is 1. The number of halogens is 1. The van der Waals surface area contributed by atoms with Crippen LogP contribution in [-0.4, -0.2) is 28.3 Å². The zero-order chi connectivity index (χ0) is 20.4. The monoisotopic (exact) mass is 382 g/mol. The summed E-state index contributed by atoms with van der Waals surface area (Å²) in [6, 6.07) is 10.5. The summed E-state index contributed by atoms with van der Waals surface area (Å²) in [4.78, 5) is 4.12. The smallest absolute Gasteiger partial charge is 0.123 e. The topological polar surface area (TPSA) is 53.6 Å². The number of nitrogens with zero attached hydrogens (tertiary/aromatic N) is 2. The predicted molar refractivity (Wildman–Crippen MR) is 115 cm³/mol. The van der Waals surface area contributed by atoms with Crippen LogP contribution >= 0.6 is 0 Å². The Bertz CT molecular complexity index is 806. The highest BCUT2D eigenvalue weighted by Crippen LogP contribution is 2.38. The summed E-state index contributed by atoms with van der Waals surface area (Å²) in [5.74, 6) is 0.217. The number of aromatic amines is 1. The molecule has 2 N–H and O–H groups in total. The van der Waals surface area contributed by atoms with Gasteiger partial charge in [0.25, 0.3) is 0 Å². The summed E-state index contributed by atoms with van der Waals surface area (Å²) in [6.45, 7) is 10.0. The maximum Gasteiger partial charge on any atom is 0.123 e. The van der Waals surface area contributed by atoms with Gasteiger partial charge in [0.05, 0.1) is 0 Å².